The molecule has 0 aliphatic heterocycles. The molecule has 0 saturated heterocycles. The van der Waals surface area contributed by atoms with Crippen LogP contribution in [0.1, 0.15) is 19.5 Å². The topological polar surface area (TPSA) is 39.1 Å². The van der Waals surface area contributed by atoms with Gasteiger partial charge < -0.3 is 4.74 Å². The Kier molecular flexibility index (Phi) is 4.58. The molecule has 1 aromatic heterocycles. The third kappa shape index (κ3) is 3.83. The lowest BCUT2D eigenvalue weighted by molar-refractivity contribution is 0.259. The molecule has 0 atom stereocenters. The van der Waals surface area contributed by atoms with E-state index in [0.717, 1.165) is 23.8 Å². The number of nitrogens with zero attached hydrogens (tertiary/aromatic N) is 2. The molecular weight excluding hydrogens is 238 g/mol. The summed E-state index contributed by atoms with van der Waals surface area (Å²) >= 11 is 0. The molecule has 0 spiro atoms. The third-order valence-electron chi connectivity index (χ3n) is 2.67. The summed E-state index contributed by atoms with van der Waals surface area (Å²) in [6, 6.07) is 12.0. The first kappa shape index (κ1) is 13.6. The second kappa shape index (κ2) is 6.38. The predicted octanol–water partition coefficient (Wildman–Crippen LogP) is 2.76. The Morgan fingerprint density at radius 1 is 1.26 bits per heavy atom. The van der Waals surface area contributed by atoms with Crippen LogP contribution in [0.3, 0.4) is 0 Å². The van der Waals surface area contributed by atoms with Crippen LogP contribution in [-0.4, -0.2) is 23.1 Å². The monoisotopic (exact) mass is 259 g/mol. The van der Waals surface area contributed by atoms with E-state index in [1.807, 2.05) is 48.0 Å². The van der Waals surface area contributed by atoms with Gasteiger partial charge in [0.25, 0.3) is 0 Å². The second-order valence-electron chi connectivity index (χ2n) is 5.01. The lowest BCUT2D eigenvalue weighted by atomic mass is 10.2. The number of hydrogen-bond acceptors (Lipinski definition) is 3. The Bertz CT molecular complexity index is 505. The number of benzene rings is 1. The van der Waals surface area contributed by atoms with Crippen LogP contribution in [0.15, 0.2) is 36.4 Å². The van der Waals surface area contributed by atoms with Crippen LogP contribution in [0.5, 0.6) is 5.88 Å². The normalized spacial score (nSPS) is 10.9. The molecule has 1 heterocycles. The first-order valence-electron chi connectivity index (χ1n) is 6.62. The van der Waals surface area contributed by atoms with Crippen molar-refractivity contribution in [3.63, 3.8) is 0 Å². The van der Waals surface area contributed by atoms with Crippen molar-refractivity contribution in [1.29, 1.82) is 0 Å². The minimum atomic E-state index is 0.496. The largest absolute Gasteiger partial charge is 0.462 e. The molecule has 1 aromatic carbocycles. The molecule has 0 amide bonds. The first-order chi connectivity index (χ1) is 9.16. The van der Waals surface area contributed by atoms with Crippen molar-refractivity contribution in [1.82, 2.24) is 15.1 Å². The van der Waals surface area contributed by atoms with E-state index in [1.54, 1.807) is 0 Å². The number of aromatic nitrogens is 2. The van der Waals surface area contributed by atoms with E-state index in [9.17, 15) is 0 Å². The lowest BCUT2D eigenvalue weighted by Crippen LogP contribution is -2.25. The van der Waals surface area contributed by atoms with Crippen LogP contribution in [-0.2, 0) is 0 Å². The molecule has 4 nitrogen and oxygen atoms in total. The number of aryl methyl sites for hydroxylation is 1. The van der Waals surface area contributed by atoms with Crippen LogP contribution < -0.4 is 10.1 Å². The van der Waals surface area contributed by atoms with E-state index >= 15 is 0 Å². The van der Waals surface area contributed by atoms with Crippen molar-refractivity contribution in [2.45, 2.75) is 20.8 Å². The van der Waals surface area contributed by atoms with E-state index in [4.69, 9.17) is 4.74 Å². The molecule has 2 rings (SSSR count). The smallest absolute Gasteiger partial charge is 0.218 e. The van der Waals surface area contributed by atoms with E-state index < -0.39 is 0 Å². The highest BCUT2D eigenvalue weighted by atomic mass is 16.5. The molecule has 1 N–H and O–H groups in total. The van der Waals surface area contributed by atoms with Gasteiger partial charge in [0.2, 0.25) is 5.88 Å². The van der Waals surface area contributed by atoms with Gasteiger partial charge in [-0.25, -0.2) is 4.68 Å². The van der Waals surface area contributed by atoms with E-state index in [2.05, 4.69) is 24.3 Å². The third-order valence-corrected chi connectivity index (χ3v) is 2.67. The fraction of sp³-hybridized carbons (Fsp3) is 0.400. The van der Waals surface area contributed by atoms with E-state index in [1.165, 1.54) is 0 Å². The molecule has 0 radical (unpaired) electrons. The van der Waals surface area contributed by atoms with Gasteiger partial charge in [-0.1, -0.05) is 32.0 Å². The zero-order chi connectivity index (χ0) is 13.7. The number of hydrogen-bond donors (Lipinski definition) is 1. The maximum Gasteiger partial charge on any atom is 0.218 e. The number of rotatable bonds is 6. The summed E-state index contributed by atoms with van der Waals surface area (Å²) in [7, 11) is 0. The Morgan fingerprint density at radius 2 is 2.00 bits per heavy atom. The average molecular weight is 259 g/mol. The molecule has 0 unspecified atom stereocenters. The van der Waals surface area contributed by atoms with E-state index in [0.29, 0.717) is 12.6 Å². The standard InChI is InChI=1S/C15H21N3O/c1-12(2)10-16-11-19-15-9-13(3)17-18(15)14-7-5-4-6-8-14/h4-9,12,16H,10-11H2,1-3H3. The minimum Gasteiger partial charge on any atom is -0.462 e. The zero-order valence-electron chi connectivity index (χ0n) is 11.8. The summed E-state index contributed by atoms with van der Waals surface area (Å²) < 4.78 is 7.58. The van der Waals surface area contributed by atoms with Crippen molar-refractivity contribution in [3.8, 4) is 11.6 Å². The average Bonchev–Trinajstić information content (AvgIpc) is 2.77. The maximum atomic E-state index is 5.75. The van der Waals surface area contributed by atoms with Gasteiger partial charge in [-0.15, -0.1) is 0 Å². The number of nitrogens with one attached hydrogen (secondary N) is 1. The van der Waals surface area contributed by atoms with Gasteiger partial charge in [0.1, 0.15) is 6.73 Å². The molecular formula is C15H21N3O. The lowest BCUT2D eigenvalue weighted by Gasteiger charge is -2.11. The highest BCUT2D eigenvalue weighted by Gasteiger charge is 2.08. The summed E-state index contributed by atoms with van der Waals surface area (Å²) in [5, 5.41) is 7.72. The molecule has 102 valence electrons. The van der Waals surface area contributed by atoms with Crippen molar-refractivity contribution in [2.24, 2.45) is 5.92 Å². The van der Waals surface area contributed by atoms with Crippen LogP contribution in [0.25, 0.3) is 5.69 Å². The highest BCUT2D eigenvalue weighted by molar-refractivity contribution is 5.35. The number of ether oxygens (including phenoxy) is 1. The van der Waals surface area contributed by atoms with Crippen molar-refractivity contribution < 1.29 is 4.74 Å². The molecule has 0 fully saturated rings. The zero-order valence-corrected chi connectivity index (χ0v) is 11.8. The van der Waals surface area contributed by atoms with Crippen molar-refractivity contribution in [3.05, 3.63) is 42.1 Å². The molecule has 0 aliphatic rings. The van der Waals surface area contributed by atoms with Gasteiger partial charge in [-0.05, 0) is 25.0 Å². The second-order valence-corrected chi connectivity index (χ2v) is 5.01. The summed E-state index contributed by atoms with van der Waals surface area (Å²) in [6.07, 6.45) is 0. The summed E-state index contributed by atoms with van der Waals surface area (Å²) in [4.78, 5) is 0. The molecule has 2 aromatic rings. The van der Waals surface area contributed by atoms with E-state index in [-0.39, 0.29) is 0 Å². The van der Waals surface area contributed by atoms with Crippen molar-refractivity contribution in [2.75, 3.05) is 13.3 Å². The summed E-state index contributed by atoms with van der Waals surface area (Å²) in [6.45, 7) is 7.75. The van der Waals surface area contributed by atoms with Crippen molar-refractivity contribution >= 4 is 0 Å². The Hall–Kier alpha value is -1.81. The van der Waals surface area contributed by atoms with Gasteiger partial charge in [0, 0.05) is 12.6 Å². The minimum absolute atomic E-state index is 0.496. The Balaban J connectivity index is 2.05. The number of para-hydroxylation sites is 1. The van der Waals surface area contributed by atoms with Crippen LogP contribution in [0.4, 0.5) is 0 Å². The van der Waals surface area contributed by atoms with Crippen LogP contribution in [0.2, 0.25) is 0 Å². The van der Waals surface area contributed by atoms with Crippen LogP contribution >= 0.6 is 0 Å². The van der Waals surface area contributed by atoms with Gasteiger partial charge in [0.15, 0.2) is 0 Å². The first-order valence-corrected chi connectivity index (χ1v) is 6.62. The fourth-order valence-corrected chi connectivity index (χ4v) is 1.81. The SMILES string of the molecule is Cc1cc(OCNCC(C)C)n(-c2ccccc2)n1. The van der Waals surface area contributed by atoms with Gasteiger partial charge in [0.05, 0.1) is 11.4 Å². The molecule has 0 bridgehead atoms. The van der Waals surface area contributed by atoms with Gasteiger partial charge in [-0.2, -0.15) is 5.10 Å². The van der Waals surface area contributed by atoms with Crippen LogP contribution in [0, 0.1) is 12.8 Å². The summed E-state index contributed by atoms with van der Waals surface area (Å²) in [5.41, 5.74) is 1.96. The van der Waals surface area contributed by atoms with Gasteiger partial charge in [-0.3, -0.25) is 5.32 Å². The Labute approximate surface area is 114 Å². The maximum absolute atomic E-state index is 5.75. The van der Waals surface area contributed by atoms with Gasteiger partial charge >= 0.3 is 0 Å². The quantitative estimate of drug-likeness (QED) is 0.640. The predicted molar refractivity (Wildman–Crippen MR) is 76.6 cm³/mol. The molecule has 4 heteroatoms. The Morgan fingerprint density at radius 3 is 2.68 bits per heavy atom. The molecule has 19 heavy (non-hydrogen) atoms. The molecule has 0 saturated carbocycles. The summed E-state index contributed by atoms with van der Waals surface area (Å²) in [5.74, 6) is 1.38. The molecule has 0 aliphatic carbocycles. The fourth-order valence-electron chi connectivity index (χ4n) is 1.81. The highest BCUT2D eigenvalue weighted by Crippen LogP contribution is 2.18.